The Kier molecular flexibility index (Phi) is 4.70. The highest BCUT2D eigenvalue weighted by Crippen LogP contribution is 2.28. The Morgan fingerprint density at radius 1 is 1.43 bits per heavy atom. The summed E-state index contributed by atoms with van der Waals surface area (Å²) in [5.74, 6) is 1.34. The summed E-state index contributed by atoms with van der Waals surface area (Å²) in [6, 6.07) is 0.290. The average Bonchev–Trinajstić information content (AvgIpc) is 3.20. The maximum atomic E-state index is 12.4. The summed E-state index contributed by atoms with van der Waals surface area (Å²) in [5.41, 5.74) is 0. The zero-order valence-corrected chi connectivity index (χ0v) is 13.2. The van der Waals surface area contributed by atoms with Crippen LogP contribution < -0.4 is 5.32 Å². The van der Waals surface area contributed by atoms with Crippen LogP contribution in [0, 0.1) is 5.92 Å². The van der Waals surface area contributed by atoms with Crippen molar-refractivity contribution >= 4 is 22.6 Å². The number of nitrogens with zero attached hydrogens (tertiary/aromatic N) is 3. The van der Waals surface area contributed by atoms with Crippen molar-refractivity contribution in [3.8, 4) is 0 Å². The molecule has 2 fully saturated rings. The lowest BCUT2D eigenvalue weighted by Gasteiger charge is -2.20. The van der Waals surface area contributed by atoms with Crippen molar-refractivity contribution in [3.63, 3.8) is 0 Å². The molecule has 1 N–H and O–H groups in total. The van der Waals surface area contributed by atoms with E-state index in [0.717, 1.165) is 37.5 Å². The molecule has 2 aliphatic rings. The van der Waals surface area contributed by atoms with E-state index in [4.69, 9.17) is 4.74 Å². The second-order valence-corrected chi connectivity index (χ2v) is 6.60. The molecule has 116 valence electrons. The zero-order chi connectivity index (χ0) is 14.7. The van der Waals surface area contributed by atoms with Crippen molar-refractivity contribution in [2.75, 3.05) is 25.5 Å². The van der Waals surface area contributed by atoms with Crippen molar-refractivity contribution in [3.05, 3.63) is 5.82 Å². The third-order valence-corrected chi connectivity index (χ3v) is 4.96. The van der Waals surface area contributed by atoms with Crippen molar-refractivity contribution < 1.29 is 9.53 Å². The standard InChI is InChI=1S/C14H22N4O2S/c1-20-9-12-16-14(21-17-12)15-11-6-7-18(8-11)13(19)10-4-2-3-5-10/h10-11H,2-9H2,1H3,(H,15,16,17). The number of anilines is 1. The number of methoxy groups -OCH3 is 1. The van der Waals surface area contributed by atoms with E-state index in [1.165, 1.54) is 24.4 Å². The van der Waals surface area contributed by atoms with Gasteiger partial charge < -0.3 is 15.0 Å². The van der Waals surface area contributed by atoms with E-state index in [1.54, 1.807) is 7.11 Å². The molecule has 1 saturated heterocycles. The maximum absolute atomic E-state index is 12.4. The van der Waals surface area contributed by atoms with Gasteiger partial charge in [0.15, 0.2) is 5.82 Å². The first-order chi connectivity index (χ1) is 10.3. The summed E-state index contributed by atoms with van der Waals surface area (Å²) in [7, 11) is 1.64. The molecule has 0 radical (unpaired) electrons. The summed E-state index contributed by atoms with van der Waals surface area (Å²) in [4.78, 5) is 18.8. The van der Waals surface area contributed by atoms with Crippen molar-refractivity contribution in [1.29, 1.82) is 0 Å². The topological polar surface area (TPSA) is 67.3 Å². The quantitative estimate of drug-likeness (QED) is 0.899. The number of rotatable bonds is 5. The predicted molar refractivity (Wildman–Crippen MR) is 81.2 cm³/mol. The predicted octanol–water partition coefficient (Wildman–Crippen LogP) is 1.89. The SMILES string of the molecule is COCc1nsc(NC2CCN(C(=O)C3CCCC3)C2)n1. The third kappa shape index (κ3) is 3.52. The Labute approximate surface area is 129 Å². The van der Waals surface area contributed by atoms with E-state index in [0.29, 0.717) is 24.4 Å². The summed E-state index contributed by atoms with van der Waals surface area (Å²) in [6.07, 6.45) is 5.55. The smallest absolute Gasteiger partial charge is 0.225 e. The molecule has 1 aromatic heterocycles. The lowest BCUT2D eigenvalue weighted by Crippen LogP contribution is -2.35. The highest BCUT2D eigenvalue weighted by Gasteiger charge is 2.32. The van der Waals surface area contributed by atoms with Gasteiger partial charge in [-0.15, -0.1) is 0 Å². The molecule has 6 nitrogen and oxygen atoms in total. The van der Waals surface area contributed by atoms with Crippen LogP contribution in [-0.4, -0.2) is 46.4 Å². The molecule has 1 unspecified atom stereocenters. The lowest BCUT2D eigenvalue weighted by atomic mass is 10.1. The number of carbonyl (C=O) groups excluding carboxylic acids is 1. The monoisotopic (exact) mass is 310 g/mol. The molecule has 7 heteroatoms. The maximum Gasteiger partial charge on any atom is 0.225 e. The van der Waals surface area contributed by atoms with Crippen LogP contribution in [0.3, 0.4) is 0 Å². The summed E-state index contributed by atoms with van der Waals surface area (Å²) in [5, 5.41) is 4.21. The van der Waals surface area contributed by atoms with Crippen LogP contribution in [0.1, 0.15) is 37.9 Å². The molecule has 2 heterocycles. The minimum absolute atomic E-state index is 0.276. The van der Waals surface area contributed by atoms with Gasteiger partial charge in [-0.25, -0.2) is 4.98 Å². The minimum atomic E-state index is 0.276. The average molecular weight is 310 g/mol. The number of hydrogen-bond acceptors (Lipinski definition) is 6. The van der Waals surface area contributed by atoms with Gasteiger partial charge in [0.2, 0.25) is 11.0 Å². The van der Waals surface area contributed by atoms with E-state index in [1.807, 2.05) is 4.90 Å². The Morgan fingerprint density at radius 2 is 2.24 bits per heavy atom. The van der Waals surface area contributed by atoms with Crippen LogP contribution in [0.25, 0.3) is 0 Å². The van der Waals surface area contributed by atoms with Gasteiger partial charge in [0.1, 0.15) is 6.61 Å². The van der Waals surface area contributed by atoms with Gasteiger partial charge in [-0.1, -0.05) is 12.8 Å². The number of likely N-dealkylation sites (tertiary alicyclic amines) is 1. The van der Waals surface area contributed by atoms with Crippen LogP contribution in [0.4, 0.5) is 5.13 Å². The van der Waals surface area contributed by atoms with Gasteiger partial charge in [-0.05, 0) is 19.3 Å². The molecule has 1 aromatic rings. The minimum Gasteiger partial charge on any atom is -0.377 e. The molecular formula is C14H22N4O2S. The Bertz CT molecular complexity index is 487. The van der Waals surface area contributed by atoms with E-state index in [2.05, 4.69) is 14.7 Å². The van der Waals surface area contributed by atoms with Crippen molar-refractivity contribution in [2.24, 2.45) is 5.92 Å². The molecular weight excluding hydrogens is 288 g/mol. The highest BCUT2D eigenvalue weighted by molar-refractivity contribution is 7.09. The zero-order valence-electron chi connectivity index (χ0n) is 12.4. The normalized spacial score (nSPS) is 22.9. The second-order valence-electron chi connectivity index (χ2n) is 5.84. The Morgan fingerprint density at radius 3 is 3.00 bits per heavy atom. The van der Waals surface area contributed by atoms with Gasteiger partial charge >= 0.3 is 0 Å². The molecule has 0 aromatic carbocycles. The van der Waals surface area contributed by atoms with Crippen molar-refractivity contribution in [2.45, 2.75) is 44.8 Å². The first kappa shape index (κ1) is 14.7. The van der Waals surface area contributed by atoms with E-state index >= 15 is 0 Å². The third-order valence-electron chi connectivity index (χ3n) is 4.27. The molecule has 21 heavy (non-hydrogen) atoms. The van der Waals surface area contributed by atoms with Crippen LogP contribution >= 0.6 is 11.5 Å². The Hall–Kier alpha value is -1.21. The lowest BCUT2D eigenvalue weighted by molar-refractivity contribution is -0.134. The van der Waals surface area contributed by atoms with E-state index in [9.17, 15) is 4.79 Å². The molecule has 3 rings (SSSR count). The fraction of sp³-hybridized carbons (Fsp3) is 0.786. The van der Waals surface area contributed by atoms with Crippen molar-refractivity contribution in [1.82, 2.24) is 14.3 Å². The Balaban J connectivity index is 1.50. The fourth-order valence-electron chi connectivity index (χ4n) is 3.18. The fourth-order valence-corrected chi connectivity index (χ4v) is 3.84. The number of ether oxygens (including phenoxy) is 1. The molecule has 1 amide bonds. The van der Waals surface area contributed by atoms with Crippen LogP contribution in [0.2, 0.25) is 0 Å². The second kappa shape index (κ2) is 6.70. The number of hydrogen-bond donors (Lipinski definition) is 1. The largest absolute Gasteiger partial charge is 0.377 e. The van der Waals surface area contributed by atoms with Gasteiger partial charge in [0.25, 0.3) is 0 Å². The summed E-state index contributed by atoms with van der Waals surface area (Å²) in [6.45, 7) is 2.08. The first-order valence-corrected chi connectivity index (χ1v) is 8.40. The number of nitrogens with one attached hydrogen (secondary N) is 1. The van der Waals surface area contributed by atoms with Gasteiger partial charge in [0.05, 0.1) is 0 Å². The molecule has 0 spiro atoms. The van der Waals surface area contributed by atoms with Crippen LogP contribution in [-0.2, 0) is 16.1 Å². The van der Waals surface area contributed by atoms with E-state index < -0.39 is 0 Å². The molecule has 0 bridgehead atoms. The van der Waals surface area contributed by atoms with Gasteiger partial charge in [-0.3, -0.25) is 4.79 Å². The van der Waals surface area contributed by atoms with E-state index in [-0.39, 0.29) is 5.92 Å². The van der Waals surface area contributed by atoms with Crippen LogP contribution in [0.15, 0.2) is 0 Å². The number of carbonyl (C=O) groups is 1. The molecule has 1 aliphatic heterocycles. The summed E-state index contributed by atoms with van der Waals surface area (Å²) < 4.78 is 9.25. The van der Waals surface area contributed by atoms with Gasteiger partial charge in [0, 0.05) is 43.7 Å². The number of amides is 1. The summed E-state index contributed by atoms with van der Waals surface area (Å²) >= 11 is 1.36. The molecule has 1 aliphatic carbocycles. The van der Waals surface area contributed by atoms with Crippen LogP contribution in [0.5, 0.6) is 0 Å². The number of aromatic nitrogens is 2. The van der Waals surface area contributed by atoms with Gasteiger partial charge in [-0.2, -0.15) is 4.37 Å². The first-order valence-electron chi connectivity index (χ1n) is 7.63. The molecule has 1 atom stereocenters. The highest BCUT2D eigenvalue weighted by atomic mass is 32.1. The molecule has 1 saturated carbocycles.